The molecule has 0 aliphatic rings. The van der Waals surface area contributed by atoms with E-state index in [9.17, 15) is 10.1 Å². The van der Waals surface area contributed by atoms with Crippen LogP contribution in [0, 0.1) is 22.5 Å². The smallest absolute Gasteiger partial charge is 0.291 e. The number of rotatable bonds is 3. The monoisotopic (exact) mass is 225 g/mol. The molecule has 4 nitrogen and oxygen atoms in total. The molecule has 15 heavy (non-hydrogen) atoms. The van der Waals surface area contributed by atoms with Crippen LogP contribution in [-0.4, -0.2) is 11.0 Å². The first-order valence-electron chi connectivity index (χ1n) is 4.11. The standard InChI is InChI=1S/C10H8ClNO3/c1-3-7(2)15-8-4-5-9(11)10(6-8)12(13)14/h1,4-7H,2H3. The summed E-state index contributed by atoms with van der Waals surface area (Å²) in [6.45, 7) is 1.67. The fourth-order valence-electron chi connectivity index (χ4n) is 0.944. The maximum absolute atomic E-state index is 10.6. The number of halogens is 1. The van der Waals surface area contributed by atoms with Crippen molar-refractivity contribution in [1.29, 1.82) is 0 Å². The van der Waals surface area contributed by atoms with E-state index in [0.29, 0.717) is 5.75 Å². The molecule has 0 aliphatic heterocycles. The predicted octanol–water partition coefficient (Wildman–Crippen LogP) is 2.65. The van der Waals surface area contributed by atoms with Crippen molar-refractivity contribution in [2.24, 2.45) is 0 Å². The van der Waals surface area contributed by atoms with Crippen LogP contribution in [0.4, 0.5) is 5.69 Å². The van der Waals surface area contributed by atoms with Crippen molar-refractivity contribution in [1.82, 2.24) is 0 Å². The minimum absolute atomic E-state index is 0.0701. The first-order valence-corrected chi connectivity index (χ1v) is 4.49. The highest BCUT2D eigenvalue weighted by atomic mass is 35.5. The molecule has 1 aromatic carbocycles. The van der Waals surface area contributed by atoms with E-state index in [1.165, 1.54) is 18.2 Å². The number of nitrogens with zero attached hydrogens (tertiary/aromatic N) is 1. The number of hydrogen-bond acceptors (Lipinski definition) is 3. The third-order valence-corrected chi connectivity index (χ3v) is 1.98. The van der Waals surface area contributed by atoms with Crippen LogP contribution in [0.2, 0.25) is 5.02 Å². The lowest BCUT2D eigenvalue weighted by Gasteiger charge is -2.08. The second-order valence-corrected chi connectivity index (χ2v) is 3.20. The lowest BCUT2D eigenvalue weighted by atomic mass is 10.3. The van der Waals surface area contributed by atoms with Gasteiger partial charge in [0.05, 0.1) is 11.0 Å². The molecular formula is C10H8ClNO3. The summed E-state index contributed by atoms with van der Waals surface area (Å²) in [5, 5.41) is 10.6. The zero-order valence-electron chi connectivity index (χ0n) is 7.94. The molecule has 0 saturated heterocycles. The van der Waals surface area contributed by atoms with Crippen molar-refractivity contribution < 1.29 is 9.66 Å². The molecule has 0 aliphatic carbocycles. The quantitative estimate of drug-likeness (QED) is 0.451. The number of nitro benzene ring substituents is 1. The van der Waals surface area contributed by atoms with Gasteiger partial charge >= 0.3 is 0 Å². The van der Waals surface area contributed by atoms with E-state index in [2.05, 4.69) is 5.92 Å². The highest BCUT2D eigenvalue weighted by Gasteiger charge is 2.13. The number of hydrogen-bond donors (Lipinski definition) is 0. The van der Waals surface area contributed by atoms with Gasteiger partial charge in [-0.25, -0.2) is 0 Å². The van der Waals surface area contributed by atoms with Crippen molar-refractivity contribution in [2.75, 3.05) is 0 Å². The Kier molecular flexibility index (Phi) is 3.53. The van der Waals surface area contributed by atoms with Gasteiger partial charge in [-0.3, -0.25) is 10.1 Å². The summed E-state index contributed by atoms with van der Waals surface area (Å²) in [6.07, 6.45) is 4.67. The minimum Gasteiger partial charge on any atom is -0.478 e. The Labute approximate surface area is 92.0 Å². The summed E-state index contributed by atoms with van der Waals surface area (Å²) >= 11 is 5.62. The molecular weight excluding hydrogens is 218 g/mol. The van der Waals surface area contributed by atoms with Gasteiger partial charge < -0.3 is 4.74 Å². The predicted molar refractivity (Wildman–Crippen MR) is 57.0 cm³/mol. The molecule has 0 heterocycles. The lowest BCUT2D eigenvalue weighted by Crippen LogP contribution is -2.08. The van der Waals surface area contributed by atoms with Crippen LogP contribution >= 0.6 is 11.6 Å². The SMILES string of the molecule is C#CC(C)Oc1ccc(Cl)c([N+](=O)[O-])c1. The normalized spacial score (nSPS) is 11.5. The van der Waals surface area contributed by atoms with Crippen molar-refractivity contribution in [3.05, 3.63) is 33.3 Å². The van der Waals surface area contributed by atoms with Crippen LogP contribution in [0.5, 0.6) is 5.75 Å². The van der Waals surface area contributed by atoms with Crippen molar-refractivity contribution >= 4 is 17.3 Å². The fourth-order valence-corrected chi connectivity index (χ4v) is 1.13. The lowest BCUT2D eigenvalue weighted by molar-refractivity contribution is -0.384. The summed E-state index contributed by atoms with van der Waals surface area (Å²) < 4.78 is 5.21. The van der Waals surface area contributed by atoms with Gasteiger partial charge in [-0.15, -0.1) is 6.42 Å². The Morgan fingerprint density at radius 2 is 2.33 bits per heavy atom. The van der Waals surface area contributed by atoms with Crippen molar-refractivity contribution in [2.45, 2.75) is 13.0 Å². The zero-order valence-corrected chi connectivity index (χ0v) is 8.69. The highest BCUT2D eigenvalue weighted by Crippen LogP contribution is 2.28. The van der Waals surface area contributed by atoms with Gasteiger partial charge in [0, 0.05) is 0 Å². The highest BCUT2D eigenvalue weighted by molar-refractivity contribution is 6.32. The van der Waals surface area contributed by atoms with Crippen LogP contribution in [-0.2, 0) is 0 Å². The van der Waals surface area contributed by atoms with E-state index < -0.39 is 11.0 Å². The van der Waals surface area contributed by atoms with Gasteiger partial charge in [-0.1, -0.05) is 17.5 Å². The van der Waals surface area contributed by atoms with Crippen LogP contribution in [0.3, 0.4) is 0 Å². The van der Waals surface area contributed by atoms with Crippen LogP contribution in [0.25, 0.3) is 0 Å². The van der Waals surface area contributed by atoms with E-state index in [4.69, 9.17) is 22.8 Å². The maximum atomic E-state index is 10.6. The van der Waals surface area contributed by atoms with E-state index in [1.807, 2.05) is 0 Å². The summed E-state index contributed by atoms with van der Waals surface area (Å²) in [6, 6.07) is 4.18. The van der Waals surface area contributed by atoms with E-state index in [1.54, 1.807) is 6.92 Å². The third kappa shape index (κ3) is 2.86. The van der Waals surface area contributed by atoms with E-state index in [0.717, 1.165) is 0 Å². The third-order valence-electron chi connectivity index (χ3n) is 1.66. The largest absolute Gasteiger partial charge is 0.478 e. The topological polar surface area (TPSA) is 52.4 Å². The molecule has 0 saturated carbocycles. The van der Waals surface area contributed by atoms with Gasteiger partial charge in [0.1, 0.15) is 10.8 Å². The number of benzene rings is 1. The summed E-state index contributed by atoms with van der Waals surface area (Å²) in [5.74, 6) is 2.68. The maximum Gasteiger partial charge on any atom is 0.291 e. The van der Waals surface area contributed by atoms with Gasteiger partial charge in [0.25, 0.3) is 5.69 Å². The number of nitro groups is 1. The van der Waals surface area contributed by atoms with Crippen molar-refractivity contribution in [3.63, 3.8) is 0 Å². The zero-order chi connectivity index (χ0) is 11.4. The molecule has 1 aromatic rings. The first-order chi connectivity index (χ1) is 7.04. The molecule has 5 heteroatoms. The molecule has 0 N–H and O–H groups in total. The Balaban J connectivity index is 2.99. The molecule has 0 bridgehead atoms. The first kappa shape index (κ1) is 11.3. The Hall–Kier alpha value is -1.73. The van der Waals surface area contributed by atoms with Gasteiger partial charge in [0.15, 0.2) is 6.10 Å². The average molecular weight is 226 g/mol. The van der Waals surface area contributed by atoms with Crippen LogP contribution in [0.15, 0.2) is 18.2 Å². The molecule has 1 atom stereocenters. The number of ether oxygens (including phenoxy) is 1. The van der Waals surface area contributed by atoms with E-state index >= 15 is 0 Å². The summed E-state index contributed by atoms with van der Waals surface area (Å²) in [4.78, 5) is 9.98. The average Bonchev–Trinajstić information content (AvgIpc) is 2.20. The molecule has 0 amide bonds. The van der Waals surface area contributed by atoms with E-state index in [-0.39, 0.29) is 10.7 Å². The summed E-state index contributed by atoms with van der Waals surface area (Å²) in [5.41, 5.74) is -0.196. The van der Waals surface area contributed by atoms with Crippen LogP contribution < -0.4 is 4.74 Å². The second-order valence-electron chi connectivity index (χ2n) is 2.80. The molecule has 0 spiro atoms. The van der Waals surface area contributed by atoms with Crippen molar-refractivity contribution in [3.8, 4) is 18.1 Å². The molecule has 78 valence electrons. The second kappa shape index (κ2) is 4.67. The molecule has 0 aromatic heterocycles. The molecule has 0 radical (unpaired) electrons. The Bertz CT molecular complexity index is 425. The van der Waals surface area contributed by atoms with Gasteiger partial charge in [0.2, 0.25) is 0 Å². The fraction of sp³-hybridized carbons (Fsp3) is 0.200. The van der Waals surface area contributed by atoms with Crippen LogP contribution in [0.1, 0.15) is 6.92 Å². The number of terminal acetylenes is 1. The van der Waals surface area contributed by atoms with Gasteiger partial charge in [-0.2, -0.15) is 0 Å². The Morgan fingerprint density at radius 1 is 1.67 bits per heavy atom. The summed E-state index contributed by atoms with van der Waals surface area (Å²) in [7, 11) is 0. The molecule has 1 unspecified atom stereocenters. The molecule has 1 rings (SSSR count). The van der Waals surface area contributed by atoms with Gasteiger partial charge in [-0.05, 0) is 19.1 Å². The minimum atomic E-state index is -0.574. The molecule has 0 fully saturated rings. The Morgan fingerprint density at radius 3 is 2.87 bits per heavy atom.